The Morgan fingerprint density at radius 2 is 2.45 bits per heavy atom. The van der Waals surface area contributed by atoms with E-state index in [9.17, 15) is 0 Å². The van der Waals surface area contributed by atoms with Crippen molar-refractivity contribution in [2.24, 2.45) is 17.1 Å². The second-order valence-corrected chi connectivity index (χ2v) is 6.55. The van der Waals surface area contributed by atoms with Crippen molar-refractivity contribution in [3.05, 3.63) is 30.1 Å². The molecule has 3 atom stereocenters. The number of nitrogens with one attached hydrogen (secondary N) is 2. The molecule has 0 radical (unpaired) electrons. The van der Waals surface area contributed by atoms with Crippen LogP contribution in [0.1, 0.15) is 24.9 Å². The molecule has 3 rings (SSSR count). The molecule has 0 bridgehead atoms. The first-order chi connectivity index (χ1) is 9.70. The Morgan fingerprint density at radius 3 is 3.15 bits per heavy atom. The van der Waals surface area contributed by atoms with Crippen LogP contribution >= 0.6 is 0 Å². The lowest BCUT2D eigenvalue weighted by Crippen LogP contribution is -2.35. The summed E-state index contributed by atoms with van der Waals surface area (Å²) in [7, 11) is 0. The fourth-order valence-corrected chi connectivity index (χ4v) is 3.40. The first-order valence-electron chi connectivity index (χ1n) is 7.51. The maximum absolute atomic E-state index is 5.90. The predicted molar refractivity (Wildman–Crippen MR) is 79.8 cm³/mol. The molecule has 1 aromatic heterocycles. The quantitative estimate of drug-likeness (QED) is 0.747. The minimum Gasteiger partial charge on any atom is -0.330 e. The Kier molecular flexibility index (Phi) is 4.03. The Bertz CT molecular complexity index is 437. The van der Waals surface area contributed by atoms with Crippen molar-refractivity contribution < 1.29 is 0 Å². The third kappa shape index (κ3) is 2.86. The van der Waals surface area contributed by atoms with Gasteiger partial charge in [0.15, 0.2) is 0 Å². The minimum atomic E-state index is 0.309. The van der Waals surface area contributed by atoms with Gasteiger partial charge in [-0.3, -0.25) is 10.4 Å². The first-order valence-corrected chi connectivity index (χ1v) is 7.51. The number of likely N-dealkylation sites (tertiary alicyclic amines) is 1. The van der Waals surface area contributed by atoms with E-state index in [1.54, 1.807) is 0 Å². The topological polar surface area (TPSA) is 66.2 Å². The van der Waals surface area contributed by atoms with Gasteiger partial charge in [-0.25, -0.2) is 5.43 Å². The van der Waals surface area contributed by atoms with E-state index < -0.39 is 0 Å². The summed E-state index contributed by atoms with van der Waals surface area (Å²) in [5, 5.41) is 0. The van der Waals surface area contributed by atoms with E-state index in [0.29, 0.717) is 17.4 Å². The molecule has 20 heavy (non-hydrogen) atoms. The second kappa shape index (κ2) is 5.77. The van der Waals surface area contributed by atoms with Gasteiger partial charge in [0.25, 0.3) is 0 Å². The van der Waals surface area contributed by atoms with Crippen molar-refractivity contribution in [1.82, 2.24) is 20.7 Å². The summed E-state index contributed by atoms with van der Waals surface area (Å²) in [6.07, 6.45) is 5.01. The molecular formula is C15H25N5. The molecule has 4 N–H and O–H groups in total. The van der Waals surface area contributed by atoms with Gasteiger partial charge in [-0.15, -0.1) is 0 Å². The molecule has 0 amide bonds. The molecular weight excluding hydrogens is 250 g/mol. The summed E-state index contributed by atoms with van der Waals surface area (Å²) < 4.78 is 0. The molecule has 1 aromatic rings. The third-order valence-corrected chi connectivity index (χ3v) is 4.76. The normalized spacial score (nSPS) is 34.7. The van der Waals surface area contributed by atoms with Crippen LogP contribution in [0.3, 0.4) is 0 Å². The molecule has 2 saturated heterocycles. The van der Waals surface area contributed by atoms with E-state index in [1.165, 1.54) is 18.5 Å². The maximum Gasteiger partial charge on any atom is 0.0530 e. The molecule has 0 spiro atoms. The third-order valence-electron chi connectivity index (χ3n) is 4.76. The number of nitrogens with two attached hydrogens (primary N) is 1. The summed E-state index contributed by atoms with van der Waals surface area (Å²) >= 11 is 0. The molecule has 2 fully saturated rings. The predicted octanol–water partition coefficient (Wildman–Crippen LogP) is 0.517. The van der Waals surface area contributed by atoms with Gasteiger partial charge in [0.2, 0.25) is 0 Å². The number of pyridine rings is 1. The molecule has 5 heteroatoms. The van der Waals surface area contributed by atoms with Crippen molar-refractivity contribution in [3.63, 3.8) is 0 Å². The zero-order valence-corrected chi connectivity index (χ0v) is 12.2. The molecule has 110 valence electrons. The smallest absolute Gasteiger partial charge is 0.0530 e. The lowest BCUT2D eigenvalue weighted by Gasteiger charge is -2.26. The molecule has 0 saturated carbocycles. The van der Waals surface area contributed by atoms with Gasteiger partial charge >= 0.3 is 0 Å². The van der Waals surface area contributed by atoms with Crippen LogP contribution in [0.2, 0.25) is 0 Å². The fourth-order valence-electron chi connectivity index (χ4n) is 3.40. The Morgan fingerprint density at radius 1 is 1.55 bits per heavy atom. The number of rotatable bonds is 4. The van der Waals surface area contributed by atoms with E-state index in [4.69, 9.17) is 5.73 Å². The van der Waals surface area contributed by atoms with Crippen LogP contribution in [-0.4, -0.2) is 42.6 Å². The molecule has 0 aliphatic carbocycles. The van der Waals surface area contributed by atoms with Crippen molar-refractivity contribution in [2.75, 3.05) is 32.7 Å². The van der Waals surface area contributed by atoms with Crippen molar-refractivity contribution in [3.8, 4) is 0 Å². The van der Waals surface area contributed by atoms with Gasteiger partial charge in [0.05, 0.1) is 6.04 Å². The van der Waals surface area contributed by atoms with E-state index >= 15 is 0 Å². The highest BCUT2D eigenvalue weighted by Crippen LogP contribution is 2.31. The summed E-state index contributed by atoms with van der Waals surface area (Å²) in [5.41, 5.74) is 14.2. The van der Waals surface area contributed by atoms with E-state index in [0.717, 1.165) is 26.2 Å². The number of hydrazine groups is 1. The van der Waals surface area contributed by atoms with Crippen LogP contribution in [0.15, 0.2) is 24.5 Å². The van der Waals surface area contributed by atoms with Gasteiger partial charge in [0.1, 0.15) is 0 Å². The highest BCUT2D eigenvalue weighted by Gasteiger charge is 2.36. The molecule has 2 aliphatic heterocycles. The summed E-state index contributed by atoms with van der Waals surface area (Å²) in [6, 6.07) is 4.51. The van der Waals surface area contributed by atoms with Crippen LogP contribution < -0.4 is 16.6 Å². The monoisotopic (exact) mass is 275 g/mol. The zero-order valence-electron chi connectivity index (χ0n) is 12.2. The fraction of sp³-hybridized carbons (Fsp3) is 0.667. The molecule has 5 nitrogen and oxygen atoms in total. The highest BCUT2D eigenvalue weighted by molar-refractivity contribution is 5.16. The van der Waals surface area contributed by atoms with Gasteiger partial charge in [-0.1, -0.05) is 13.0 Å². The second-order valence-electron chi connectivity index (χ2n) is 6.55. The highest BCUT2D eigenvalue weighted by atomic mass is 15.4. The minimum absolute atomic E-state index is 0.309. The lowest BCUT2D eigenvalue weighted by atomic mass is 9.90. The molecule has 2 aliphatic rings. The lowest BCUT2D eigenvalue weighted by molar-refractivity contribution is 0.238. The van der Waals surface area contributed by atoms with Crippen LogP contribution in [-0.2, 0) is 0 Å². The average Bonchev–Trinajstić information content (AvgIpc) is 3.08. The van der Waals surface area contributed by atoms with E-state index in [1.807, 2.05) is 18.5 Å². The van der Waals surface area contributed by atoms with Crippen LogP contribution in [0, 0.1) is 11.3 Å². The molecule has 0 aromatic carbocycles. The maximum atomic E-state index is 5.90. The Hall–Kier alpha value is -1.01. The van der Waals surface area contributed by atoms with Gasteiger partial charge in [-0.05, 0) is 36.6 Å². The Balaban J connectivity index is 1.63. The van der Waals surface area contributed by atoms with Crippen LogP contribution in [0.4, 0.5) is 0 Å². The molecule has 3 heterocycles. The number of hydrogen-bond donors (Lipinski definition) is 3. The van der Waals surface area contributed by atoms with E-state index in [2.05, 4.69) is 33.7 Å². The number of aromatic nitrogens is 1. The number of nitrogens with zero attached hydrogens (tertiary/aromatic N) is 2. The van der Waals surface area contributed by atoms with Crippen LogP contribution in [0.25, 0.3) is 0 Å². The van der Waals surface area contributed by atoms with Crippen LogP contribution in [0.5, 0.6) is 0 Å². The summed E-state index contributed by atoms with van der Waals surface area (Å²) in [6.45, 7) is 7.52. The zero-order chi connectivity index (χ0) is 14.0. The first kappa shape index (κ1) is 13.9. The standard InChI is InChI=1S/C15H25N5/c1-15(10-16)4-6-20(11-15)9-13-8-18-19-14(13)12-3-2-5-17-7-12/h2-3,5,7,13-14,18-19H,4,6,8-11,16H2,1H3. The van der Waals surface area contributed by atoms with E-state index in [-0.39, 0.29) is 0 Å². The summed E-state index contributed by atoms with van der Waals surface area (Å²) in [5.74, 6) is 0.583. The van der Waals surface area contributed by atoms with Gasteiger partial charge in [-0.2, -0.15) is 0 Å². The molecule has 3 unspecified atom stereocenters. The van der Waals surface area contributed by atoms with Gasteiger partial charge < -0.3 is 10.6 Å². The van der Waals surface area contributed by atoms with Crippen molar-refractivity contribution >= 4 is 0 Å². The summed E-state index contributed by atoms with van der Waals surface area (Å²) in [4.78, 5) is 6.80. The SMILES string of the molecule is CC1(CN)CCN(CC2CNNC2c2cccnc2)C1. The Labute approximate surface area is 120 Å². The van der Waals surface area contributed by atoms with Crippen molar-refractivity contribution in [1.29, 1.82) is 0 Å². The number of hydrogen-bond acceptors (Lipinski definition) is 5. The largest absolute Gasteiger partial charge is 0.330 e. The average molecular weight is 275 g/mol. The van der Waals surface area contributed by atoms with Gasteiger partial charge in [0, 0.05) is 37.9 Å². The van der Waals surface area contributed by atoms with Crippen molar-refractivity contribution in [2.45, 2.75) is 19.4 Å².